The third-order valence-electron chi connectivity index (χ3n) is 2.55. The molecule has 0 aliphatic carbocycles. The van der Waals surface area contributed by atoms with Gasteiger partial charge in [-0.05, 0) is 18.2 Å². The predicted molar refractivity (Wildman–Crippen MR) is 69.8 cm³/mol. The molecule has 2 aromatic heterocycles. The number of carbonyl (C=O) groups is 2. The second-order valence-corrected chi connectivity index (χ2v) is 3.88. The molecule has 0 aliphatic heterocycles. The smallest absolute Gasteiger partial charge is 0.343 e. The second-order valence-electron chi connectivity index (χ2n) is 3.88. The lowest BCUT2D eigenvalue weighted by Gasteiger charge is -2.08. The highest BCUT2D eigenvalue weighted by molar-refractivity contribution is 5.96. The molecule has 0 fully saturated rings. The quantitative estimate of drug-likeness (QED) is 0.831. The van der Waals surface area contributed by atoms with Crippen LogP contribution in [0.15, 0.2) is 30.6 Å². The van der Waals surface area contributed by atoms with Gasteiger partial charge in [0.25, 0.3) is 0 Å². The van der Waals surface area contributed by atoms with Crippen molar-refractivity contribution in [3.8, 4) is 17.9 Å². The molecule has 8 nitrogen and oxygen atoms in total. The molecular weight excluding hydrogens is 288 g/mol. The number of carboxylic acids is 1. The lowest BCUT2D eigenvalue weighted by Crippen LogP contribution is -2.13. The van der Waals surface area contributed by atoms with Gasteiger partial charge in [0.1, 0.15) is 23.4 Å². The van der Waals surface area contributed by atoms with Gasteiger partial charge in [0.05, 0.1) is 5.56 Å². The molecule has 0 amide bonds. The number of rotatable bonds is 3. The van der Waals surface area contributed by atoms with Crippen LogP contribution in [-0.2, 0) is 0 Å². The first-order chi connectivity index (χ1) is 10.6. The van der Waals surface area contributed by atoms with Crippen LogP contribution in [0.5, 0.6) is 5.75 Å². The Morgan fingerprint density at radius 1 is 1.14 bits per heavy atom. The van der Waals surface area contributed by atoms with Crippen molar-refractivity contribution in [3.63, 3.8) is 0 Å². The van der Waals surface area contributed by atoms with E-state index >= 15 is 0 Å². The van der Waals surface area contributed by atoms with Crippen molar-refractivity contribution < 1.29 is 19.4 Å². The van der Waals surface area contributed by atoms with E-state index in [1.165, 1.54) is 18.3 Å². The molecule has 0 saturated carbocycles. The Labute approximate surface area is 123 Å². The summed E-state index contributed by atoms with van der Waals surface area (Å²) in [4.78, 5) is 30.5. The zero-order chi connectivity index (χ0) is 16.1. The number of carboxylic acid groups (broad SMARTS) is 1. The molecule has 0 aromatic carbocycles. The van der Waals surface area contributed by atoms with Gasteiger partial charge in [-0.25, -0.2) is 19.6 Å². The zero-order valence-electron chi connectivity index (χ0n) is 10.8. The molecule has 1 N–H and O–H groups in total. The van der Waals surface area contributed by atoms with E-state index in [0.29, 0.717) is 0 Å². The van der Waals surface area contributed by atoms with Crippen molar-refractivity contribution in [1.82, 2.24) is 9.97 Å². The number of aromatic carboxylic acids is 1. The van der Waals surface area contributed by atoms with E-state index in [0.717, 1.165) is 12.3 Å². The Kier molecular flexibility index (Phi) is 4.06. The number of ether oxygens (including phenoxy) is 1. The fourth-order valence-corrected chi connectivity index (χ4v) is 1.57. The maximum Gasteiger partial charge on any atom is 0.343 e. The molecular formula is C14H6N4O4. The Morgan fingerprint density at radius 2 is 1.86 bits per heavy atom. The molecule has 2 heterocycles. The number of nitriles is 2. The molecule has 0 atom stereocenters. The van der Waals surface area contributed by atoms with Crippen molar-refractivity contribution in [2.45, 2.75) is 0 Å². The van der Waals surface area contributed by atoms with Crippen molar-refractivity contribution in [2.75, 3.05) is 0 Å². The van der Waals surface area contributed by atoms with Gasteiger partial charge in [0.2, 0.25) is 0 Å². The van der Waals surface area contributed by atoms with Crippen LogP contribution in [0.3, 0.4) is 0 Å². The Balaban J connectivity index is 2.42. The minimum Gasteiger partial charge on any atom is -0.478 e. The Morgan fingerprint density at radius 3 is 2.50 bits per heavy atom. The third-order valence-corrected chi connectivity index (χ3v) is 2.55. The molecule has 0 bridgehead atoms. The monoisotopic (exact) mass is 294 g/mol. The summed E-state index contributed by atoms with van der Waals surface area (Å²) in [6.07, 6.45) is 2.36. The number of nitrogens with zero attached hydrogens (tertiary/aromatic N) is 4. The van der Waals surface area contributed by atoms with Gasteiger partial charge in [0.15, 0.2) is 11.4 Å². The second kappa shape index (κ2) is 6.11. The molecule has 0 spiro atoms. The SMILES string of the molecule is N#Cc1cc(C(=O)Oc2c(C(=O)O)ccnc2C#N)ccn1. The van der Waals surface area contributed by atoms with E-state index in [9.17, 15) is 9.59 Å². The highest BCUT2D eigenvalue weighted by Crippen LogP contribution is 2.23. The Bertz CT molecular complexity index is 849. The first kappa shape index (κ1) is 14.6. The van der Waals surface area contributed by atoms with E-state index in [4.69, 9.17) is 20.4 Å². The molecule has 0 unspecified atom stereocenters. The summed E-state index contributed by atoms with van der Waals surface area (Å²) < 4.78 is 4.97. The van der Waals surface area contributed by atoms with Gasteiger partial charge in [-0.15, -0.1) is 0 Å². The minimum atomic E-state index is -1.37. The molecule has 2 rings (SSSR count). The van der Waals surface area contributed by atoms with Crippen LogP contribution in [0.2, 0.25) is 0 Å². The van der Waals surface area contributed by atoms with Crippen molar-refractivity contribution in [3.05, 3.63) is 53.1 Å². The fourth-order valence-electron chi connectivity index (χ4n) is 1.57. The average molecular weight is 294 g/mol. The molecule has 106 valence electrons. The number of esters is 1. The van der Waals surface area contributed by atoms with Crippen LogP contribution in [0, 0.1) is 22.7 Å². The normalized spacial score (nSPS) is 9.36. The van der Waals surface area contributed by atoms with Crippen LogP contribution < -0.4 is 4.74 Å². The number of pyridine rings is 2. The van der Waals surface area contributed by atoms with Gasteiger partial charge < -0.3 is 9.84 Å². The number of aromatic nitrogens is 2. The van der Waals surface area contributed by atoms with Gasteiger partial charge in [0, 0.05) is 12.4 Å². The fraction of sp³-hybridized carbons (Fsp3) is 0. The highest BCUT2D eigenvalue weighted by atomic mass is 16.5. The van der Waals surface area contributed by atoms with Crippen LogP contribution in [0.1, 0.15) is 32.1 Å². The maximum atomic E-state index is 12.0. The summed E-state index contributed by atoms with van der Waals surface area (Å²) in [5.41, 5.74) is -0.701. The topological polar surface area (TPSA) is 137 Å². The van der Waals surface area contributed by atoms with Gasteiger partial charge >= 0.3 is 11.9 Å². The molecule has 0 radical (unpaired) electrons. The highest BCUT2D eigenvalue weighted by Gasteiger charge is 2.20. The van der Waals surface area contributed by atoms with E-state index in [-0.39, 0.29) is 22.5 Å². The van der Waals surface area contributed by atoms with Crippen LogP contribution in [-0.4, -0.2) is 27.0 Å². The molecule has 2 aromatic rings. The average Bonchev–Trinajstić information content (AvgIpc) is 2.54. The minimum absolute atomic E-state index is 0.000369. The lowest BCUT2D eigenvalue weighted by atomic mass is 10.2. The largest absolute Gasteiger partial charge is 0.478 e. The summed E-state index contributed by atoms with van der Waals surface area (Å²) in [5.74, 6) is -2.74. The number of hydrogen-bond donors (Lipinski definition) is 1. The predicted octanol–water partition coefficient (Wildman–Crippen LogP) is 1.14. The lowest BCUT2D eigenvalue weighted by molar-refractivity contribution is 0.0680. The molecule has 0 aliphatic rings. The Hall–Kier alpha value is -3.78. The summed E-state index contributed by atoms with van der Waals surface area (Å²) in [6, 6.07) is 7.01. The third kappa shape index (κ3) is 2.86. The van der Waals surface area contributed by atoms with Gasteiger partial charge in [-0.3, -0.25) is 0 Å². The summed E-state index contributed by atoms with van der Waals surface area (Å²) in [6.45, 7) is 0. The van der Waals surface area contributed by atoms with Crippen LogP contribution in [0.25, 0.3) is 0 Å². The van der Waals surface area contributed by atoms with Crippen LogP contribution in [0.4, 0.5) is 0 Å². The first-order valence-corrected chi connectivity index (χ1v) is 5.77. The van der Waals surface area contributed by atoms with E-state index in [1.807, 2.05) is 0 Å². The standard InChI is InChI=1S/C14H6N4O4/c15-6-9-5-8(1-3-17-9)14(21)22-12-10(13(19)20)2-4-18-11(12)7-16/h1-5H,(H,19,20). The summed E-state index contributed by atoms with van der Waals surface area (Å²) in [7, 11) is 0. The molecule has 0 saturated heterocycles. The van der Waals surface area contributed by atoms with E-state index < -0.39 is 17.7 Å². The maximum absolute atomic E-state index is 12.0. The van der Waals surface area contributed by atoms with E-state index in [1.54, 1.807) is 12.1 Å². The van der Waals surface area contributed by atoms with Gasteiger partial charge in [-0.2, -0.15) is 10.5 Å². The number of carbonyl (C=O) groups excluding carboxylic acids is 1. The number of hydrogen-bond acceptors (Lipinski definition) is 7. The first-order valence-electron chi connectivity index (χ1n) is 5.77. The summed E-state index contributed by atoms with van der Waals surface area (Å²) in [5, 5.41) is 26.7. The van der Waals surface area contributed by atoms with E-state index in [2.05, 4.69) is 9.97 Å². The zero-order valence-corrected chi connectivity index (χ0v) is 10.8. The van der Waals surface area contributed by atoms with Gasteiger partial charge in [-0.1, -0.05) is 0 Å². The van der Waals surface area contributed by atoms with Crippen molar-refractivity contribution >= 4 is 11.9 Å². The van der Waals surface area contributed by atoms with Crippen molar-refractivity contribution in [2.24, 2.45) is 0 Å². The molecule has 22 heavy (non-hydrogen) atoms. The van der Waals surface area contributed by atoms with Crippen molar-refractivity contribution in [1.29, 1.82) is 10.5 Å². The van der Waals surface area contributed by atoms with Crippen LogP contribution >= 0.6 is 0 Å². The summed E-state index contributed by atoms with van der Waals surface area (Å²) >= 11 is 0. The molecule has 8 heteroatoms.